The van der Waals surface area contributed by atoms with Crippen molar-refractivity contribution < 1.29 is 0 Å². The van der Waals surface area contributed by atoms with Gasteiger partial charge in [-0.2, -0.15) is 0 Å². The van der Waals surface area contributed by atoms with Crippen molar-refractivity contribution in [2.24, 2.45) is 5.92 Å². The first-order chi connectivity index (χ1) is 8.13. The molecule has 0 aromatic heterocycles. The van der Waals surface area contributed by atoms with E-state index >= 15 is 0 Å². The van der Waals surface area contributed by atoms with Crippen LogP contribution >= 0.6 is 15.9 Å². The lowest BCUT2D eigenvalue weighted by atomic mass is 9.98. The molecule has 1 aromatic carbocycles. The third kappa shape index (κ3) is 3.11. The zero-order valence-corrected chi connectivity index (χ0v) is 12.6. The maximum Gasteiger partial charge on any atom is 0.0348 e. The Morgan fingerprint density at radius 3 is 2.35 bits per heavy atom. The normalized spacial score (nSPS) is 17.2. The second kappa shape index (κ2) is 5.53. The molecule has 1 fully saturated rings. The van der Waals surface area contributed by atoms with Gasteiger partial charge in [0.25, 0.3) is 0 Å². The van der Waals surface area contributed by atoms with Crippen molar-refractivity contribution in [2.45, 2.75) is 46.1 Å². The van der Waals surface area contributed by atoms with Gasteiger partial charge < -0.3 is 5.32 Å². The van der Waals surface area contributed by atoms with Crippen molar-refractivity contribution in [3.05, 3.63) is 33.3 Å². The van der Waals surface area contributed by atoms with Crippen LogP contribution in [0.25, 0.3) is 0 Å². The van der Waals surface area contributed by atoms with Gasteiger partial charge in [0.1, 0.15) is 0 Å². The first kappa shape index (κ1) is 13.1. The van der Waals surface area contributed by atoms with E-state index in [-0.39, 0.29) is 0 Å². The van der Waals surface area contributed by atoms with E-state index < -0.39 is 0 Å². The van der Waals surface area contributed by atoms with Gasteiger partial charge in [-0.05, 0) is 62.3 Å². The van der Waals surface area contributed by atoms with Gasteiger partial charge >= 0.3 is 0 Å². The monoisotopic (exact) mass is 295 g/mol. The number of benzene rings is 1. The predicted octanol–water partition coefficient (Wildman–Crippen LogP) is 4.52. The maximum absolute atomic E-state index is 3.71. The number of nitrogens with one attached hydrogen (secondary N) is 1. The van der Waals surface area contributed by atoms with Crippen LogP contribution in [0.4, 0.5) is 0 Å². The van der Waals surface area contributed by atoms with Crippen LogP contribution in [0.15, 0.2) is 16.6 Å². The van der Waals surface area contributed by atoms with E-state index in [1.54, 1.807) is 0 Å². The van der Waals surface area contributed by atoms with Gasteiger partial charge in [0, 0.05) is 10.5 Å². The Labute approximate surface area is 113 Å². The van der Waals surface area contributed by atoms with Crippen molar-refractivity contribution in [1.29, 1.82) is 0 Å². The first-order valence-electron chi connectivity index (χ1n) is 6.63. The zero-order chi connectivity index (χ0) is 12.4. The minimum atomic E-state index is 0.570. The molecule has 2 rings (SSSR count). The number of aryl methyl sites for hydroxylation is 2. The highest BCUT2D eigenvalue weighted by Gasteiger charge is 2.32. The summed E-state index contributed by atoms with van der Waals surface area (Å²) in [6.45, 7) is 7.72. The molecule has 0 radical (unpaired) electrons. The predicted molar refractivity (Wildman–Crippen MR) is 77.4 cm³/mol. The zero-order valence-electron chi connectivity index (χ0n) is 11.0. The SMILES string of the molecule is CCCNC(c1cc(C)c(Br)c(C)c1)C1CC1. The van der Waals surface area contributed by atoms with Crippen molar-refractivity contribution in [3.63, 3.8) is 0 Å². The summed E-state index contributed by atoms with van der Waals surface area (Å²) < 4.78 is 1.26. The molecule has 2 heteroatoms. The van der Waals surface area contributed by atoms with Gasteiger partial charge in [-0.15, -0.1) is 0 Å². The van der Waals surface area contributed by atoms with Crippen LogP contribution in [0, 0.1) is 19.8 Å². The van der Waals surface area contributed by atoms with Gasteiger partial charge in [0.15, 0.2) is 0 Å². The third-order valence-corrected chi connectivity index (χ3v) is 4.78. The van der Waals surface area contributed by atoms with Crippen LogP contribution in [0.5, 0.6) is 0 Å². The molecule has 0 bridgehead atoms. The molecule has 1 N–H and O–H groups in total. The van der Waals surface area contributed by atoms with Gasteiger partial charge in [-0.1, -0.05) is 35.0 Å². The van der Waals surface area contributed by atoms with Gasteiger partial charge in [-0.3, -0.25) is 0 Å². The molecule has 0 amide bonds. The van der Waals surface area contributed by atoms with E-state index in [1.165, 1.54) is 40.4 Å². The van der Waals surface area contributed by atoms with Crippen LogP contribution < -0.4 is 5.32 Å². The molecule has 1 aliphatic rings. The van der Waals surface area contributed by atoms with E-state index in [4.69, 9.17) is 0 Å². The molecule has 1 unspecified atom stereocenters. The van der Waals surface area contributed by atoms with Crippen molar-refractivity contribution in [3.8, 4) is 0 Å². The van der Waals surface area contributed by atoms with E-state index in [1.807, 2.05) is 0 Å². The Kier molecular flexibility index (Phi) is 4.26. The van der Waals surface area contributed by atoms with Crippen molar-refractivity contribution in [1.82, 2.24) is 5.32 Å². The number of hydrogen-bond donors (Lipinski definition) is 1. The van der Waals surface area contributed by atoms with Crippen LogP contribution in [0.2, 0.25) is 0 Å². The average molecular weight is 296 g/mol. The van der Waals surface area contributed by atoms with Gasteiger partial charge in [-0.25, -0.2) is 0 Å². The molecule has 94 valence electrons. The molecule has 1 aromatic rings. The molecular weight excluding hydrogens is 274 g/mol. The Morgan fingerprint density at radius 2 is 1.88 bits per heavy atom. The second-order valence-corrected chi connectivity index (χ2v) is 6.03. The number of hydrogen-bond acceptors (Lipinski definition) is 1. The quantitative estimate of drug-likeness (QED) is 0.842. The Balaban J connectivity index is 2.23. The molecule has 0 spiro atoms. The van der Waals surface area contributed by atoms with E-state index in [9.17, 15) is 0 Å². The summed E-state index contributed by atoms with van der Waals surface area (Å²) in [6.07, 6.45) is 3.97. The summed E-state index contributed by atoms with van der Waals surface area (Å²) in [5, 5.41) is 3.71. The minimum absolute atomic E-state index is 0.570. The lowest BCUT2D eigenvalue weighted by molar-refractivity contribution is 0.481. The summed E-state index contributed by atoms with van der Waals surface area (Å²) in [7, 11) is 0. The number of rotatable bonds is 5. The Bertz CT molecular complexity index is 373. The molecule has 1 saturated carbocycles. The minimum Gasteiger partial charge on any atom is -0.310 e. The summed E-state index contributed by atoms with van der Waals surface area (Å²) in [4.78, 5) is 0. The van der Waals surface area contributed by atoms with Crippen molar-refractivity contribution >= 4 is 15.9 Å². The highest BCUT2D eigenvalue weighted by molar-refractivity contribution is 9.10. The van der Waals surface area contributed by atoms with E-state index in [0.29, 0.717) is 6.04 Å². The van der Waals surface area contributed by atoms with Crippen LogP contribution in [-0.4, -0.2) is 6.54 Å². The summed E-state index contributed by atoms with van der Waals surface area (Å²) in [6, 6.07) is 5.24. The van der Waals surface area contributed by atoms with E-state index in [2.05, 4.69) is 54.2 Å². The third-order valence-electron chi connectivity index (χ3n) is 3.53. The maximum atomic E-state index is 3.71. The standard InChI is InChI=1S/C15H22BrN/c1-4-7-17-15(12-5-6-12)13-8-10(2)14(16)11(3)9-13/h8-9,12,15,17H,4-7H2,1-3H3. The average Bonchev–Trinajstić information content (AvgIpc) is 3.10. The molecule has 17 heavy (non-hydrogen) atoms. The fourth-order valence-electron chi connectivity index (χ4n) is 2.45. The number of halogens is 1. The van der Waals surface area contributed by atoms with Crippen LogP contribution in [0.1, 0.15) is 48.9 Å². The molecule has 0 aliphatic heterocycles. The smallest absolute Gasteiger partial charge is 0.0348 e. The highest BCUT2D eigenvalue weighted by atomic mass is 79.9. The van der Waals surface area contributed by atoms with Gasteiger partial charge in [0.05, 0.1) is 0 Å². The molecular formula is C15H22BrN. The lowest BCUT2D eigenvalue weighted by Gasteiger charge is -2.20. The summed E-state index contributed by atoms with van der Waals surface area (Å²) in [5.41, 5.74) is 4.17. The summed E-state index contributed by atoms with van der Waals surface area (Å²) >= 11 is 3.65. The largest absolute Gasteiger partial charge is 0.310 e. The lowest BCUT2D eigenvalue weighted by Crippen LogP contribution is -2.24. The molecule has 0 heterocycles. The van der Waals surface area contributed by atoms with Gasteiger partial charge in [0.2, 0.25) is 0 Å². The highest BCUT2D eigenvalue weighted by Crippen LogP contribution is 2.42. The fraction of sp³-hybridized carbons (Fsp3) is 0.600. The topological polar surface area (TPSA) is 12.0 Å². The molecule has 1 atom stereocenters. The molecule has 1 nitrogen and oxygen atoms in total. The van der Waals surface area contributed by atoms with Crippen LogP contribution in [-0.2, 0) is 0 Å². The summed E-state index contributed by atoms with van der Waals surface area (Å²) in [5.74, 6) is 0.863. The van der Waals surface area contributed by atoms with Crippen molar-refractivity contribution in [2.75, 3.05) is 6.54 Å². The second-order valence-electron chi connectivity index (χ2n) is 5.24. The Hall–Kier alpha value is -0.340. The Morgan fingerprint density at radius 1 is 1.29 bits per heavy atom. The fourth-order valence-corrected chi connectivity index (χ4v) is 2.67. The van der Waals surface area contributed by atoms with Crippen LogP contribution in [0.3, 0.4) is 0 Å². The molecule has 0 saturated heterocycles. The molecule has 1 aliphatic carbocycles. The van der Waals surface area contributed by atoms with E-state index in [0.717, 1.165) is 12.5 Å². The first-order valence-corrected chi connectivity index (χ1v) is 7.42.